The standard InChI is InChI=1S/C8H16FN/c1-6(2)7-4-10(3)5-8(7)9/h6-8H,4-5H2,1-3H3/t7-,8-/m0/s1. The minimum absolute atomic E-state index is 0.269. The number of halogens is 1. The molecule has 1 aliphatic heterocycles. The van der Waals surface area contributed by atoms with Crippen LogP contribution in [0.5, 0.6) is 0 Å². The van der Waals surface area contributed by atoms with Crippen molar-refractivity contribution in [3.05, 3.63) is 0 Å². The van der Waals surface area contributed by atoms with E-state index in [0.29, 0.717) is 12.5 Å². The molecule has 2 atom stereocenters. The molecule has 0 bridgehead atoms. The summed E-state index contributed by atoms with van der Waals surface area (Å²) in [5.41, 5.74) is 0. The summed E-state index contributed by atoms with van der Waals surface area (Å²) in [5.74, 6) is 0.755. The highest BCUT2D eigenvalue weighted by molar-refractivity contribution is 4.83. The van der Waals surface area contributed by atoms with Gasteiger partial charge in [-0.25, -0.2) is 4.39 Å². The Bertz CT molecular complexity index is 114. The molecule has 0 N–H and O–H groups in total. The van der Waals surface area contributed by atoms with E-state index < -0.39 is 6.17 Å². The van der Waals surface area contributed by atoms with E-state index in [2.05, 4.69) is 18.7 Å². The summed E-state index contributed by atoms with van der Waals surface area (Å²) < 4.78 is 13.0. The second kappa shape index (κ2) is 2.87. The summed E-state index contributed by atoms with van der Waals surface area (Å²) in [7, 11) is 1.98. The Morgan fingerprint density at radius 3 is 2.20 bits per heavy atom. The molecule has 2 heteroatoms. The third-order valence-electron chi connectivity index (χ3n) is 2.33. The quantitative estimate of drug-likeness (QED) is 0.541. The Kier molecular flexibility index (Phi) is 2.29. The topological polar surface area (TPSA) is 3.24 Å². The molecule has 60 valence electrons. The number of rotatable bonds is 1. The van der Waals surface area contributed by atoms with Crippen molar-refractivity contribution < 1.29 is 4.39 Å². The van der Waals surface area contributed by atoms with Crippen molar-refractivity contribution in [2.24, 2.45) is 11.8 Å². The van der Waals surface area contributed by atoms with Gasteiger partial charge in [-0.3, -0.25) is 0 Å². The van der Waals surface area contributed by atoms with Crippen LogP contribution in [0.1, 0.15) is 13.8 Å². The molecule has 0 saturated carbocycles. The predicted molar refractivity (Wildman–Crippen MR) is 40.7 cm³/mol. The second-order valence-corrected chi connectivity index (χ2v) is 3.65. The van der Waals surface area contributed by atoms with Crippen LogP contribution in [0.4, 0.5) is 4.39 Å². The first-order valence-electron chi connectivity index (χ1n) is 3.94. The zero-order valence-corrected chi connectivity index (χ0v) is 6.97. The Balaban J connectivity index is 2.46. The number of alkyl halides is 1. The zero-order chi connectivity index (χ0) is 7.72. The Morgan fingerprint density at radius 2 is 2.00 bits per heavy atom. The van der Waals surface area contributed by atoms with Gasteiger partial charge in [-0.2, -0.15) is 0 Å². The lowest BCUT2D eigenvalue weighted by atomic mass is 9.94. The molecule has 1 nitrogen and oxygen atoms in total. The van der Waals surface area contributed by atoms with Crippen LogP contribution < -0.4 is 0 Å². The van der Waals surface area contributed by atoms with Gasteiger partial charge < -0.3 is 4.90 Å². The van der Waals surface area contributed by atoms with Crippen molar-refractivity contribution in [2.45, 2.75) is 20.0 Å². The third-order valence-corrected chi connectivity index (χ3v) is 2.33. The van der Waals surface area contributed by atoms with Crippen molar-refractivity contribution in [1.29, 1.82) is 0 Å². The van der Waals surface area contributed by atoms with Gasteiger partial charge in [0.05, 0.1) is 0 Å². The molecule has 1 saturated heterocycles. The molecule has 0 aliphatic carbocycles. The van der Waals surface area contributed by atoms with Crippen LogP contribution in [0, 0.1) is 11.8 Å². The van der Waals surface area contributed by atoms with E-state index >= 15 is 0 Å². The van der Waals surface area contributed by atoms with Crippen molar-refractivity contribution in [3.8, 4) is 0 Å². The van der Waals surface area contributed by atoms with E-state index in [4.69, 9.17) is 0 Å². The fourth-order valence-corrected chi connectivity index (χ4v) is 1.61. The monoisotopic (exact) mass is 145 g/mol. The van der Waals surface area contributed by atoms with Crippen molar-refractivity contribution in [1.82, 2.24) is 4.90 Å². The minimum Gasteiger partial charge on any atom is -0.303 e. The molecule has 0 radical (unpaired) electrons. The first-order valence-corrected chi connectivity index (χ1v) is 3.94. The maximum absolute atomic E-state index is 13.0. The molecule has 1 heterocycles. The third kappa shape index (κ3) is 1.48. The lowest BCUT2D eigenvalue weighted by Crippen LogP contribution is -2.19. The van der Waals surface area contributed by atoms with E-state index in [1.165, 1.54) is 0 Å². The molecular weight excluding hydrogens is 129 g/mol. The molecule has 1 rings (SSSR count). The molecule has 0 aromatic carbocycles. The maximum Gasteiger partial charge on any atom is 0.117 e. The molecule has 0 aromatic rings. The average molecular weight is 145 g/mol. The van der Waals surface area contributed by atoms with Gasteiger partial charge in [0.15, 0.2) is 0 Å². The first-order chi connectivity index (χ1) is 4.61. The predicted octanol–water partition coefficient (Wildman–Crippen LogP) is 1.54. The van der Waals surface area contributed by atoms with E-state index in [1.54, 1.807) is 0 Å². The molecule has 10 heavy (non-hydrogen) atoms. The second-order valence-electron chi connectivity index (χ2n) is 3.65. The van der Waals surface area contributed by atoms with Crippen LogP contribution in [0.25, 0.3) is 0 Å². The van der Waals surface area contributed by atoms with E-state index in [9.17, 15) is 4.39 Å². The van der Waals surface area contributed by atoms with Gasteiger partial charge in [0.2, 0.25) is 0 Å². The van der Waals surface area contributed by atoms with Gasteiger partial charge in [0, 0.05) is 19.0 Å². The first kappa shape index (κ1) is 7.99. The highest BCUT2D eigenvalue weighted by Crippen LogP contribution is 2.25. The highest BCUT2D eigenvalue weighted by atomic mass is 19.1. The summed E-state index contributed by atoms with van der Waals surface area (Å²) in [4.78, 5) is 2.06. The van der Waals surface area contributed by atoms with Gasteiger partial charge in [0.1, 0.15) is 6.17 Å². The van der Waals surface area contributed by atoms with Crippen LogP contribution in [0.3, 0.4) is 0 Å². The fourth-order valence-electron chi connectivity index (χ4n) is 1.61. The molecule has 0 unspecified atom stereocenters. The normalized spacial score (nSPS) is 35.7. The lowest BCUT2D eigenvalue weighted by Gasteiger charge is -2.15. The molecular formula is C8H16FN. The van der Waals surface area contributed by atoms with Crippen LogP contribution in [-0.4, -0.2) is 31.2 Å². The largest absolute Gasteiger partial charge is 0.303 e. The molecule has 0 amide bonds. The van der Waals surface area contributed by atoms with Crippen LogP contribution in [0.15, 0.2) is 0 Å². The lowest BCUT2D eigenvalue weighted by molar-refractivity contribution is 0.234. The smallest absolute Gasteiger partial charge is 0.117 e. The highest BCUT2D eigenvalue weighted by Gasteiger charge is 2.32. The van der Waals surface area contributed by atoms with Gasteiger partial charge >= 0.3 is 0 Å². The van der Waals surface area contributed by atoms with Gasteiger partial charge in [-0.05, 0) is 13.0 Å². The van der Waals surface area contributed by atoms with Crippen molar-refractivity contribution in [2.75, 3.05) is 20.1 Å². The Morgan fingerprint density at radius 1 is 1.40 bits per heavy atom. The van der Waals surface area contributed by atoms with E-state index in [0.717, 1.165) is 6.54 Å². The summed E-state index contributed by atoms with van der Waals surface area (Å²) in [6.07, 6.45) is -0.593. The van der Waals surface area contributed by atoms with Gasteiger partial charge in [-0.15, -0.1) is 0 Å². The van der Waals surface area contributed by atoms with Crippen molar-refractivity contribution in [3.63, 3.8) is 0 Å². The summed E-state index contributed by atoms with van der Waals surface area (Å²) in [6.45, 7) is 5.74. The molecule has 0 aromatic heterocycles. The Labute approximate surface area is 62.2 Å². The summed E-state index contributed by atoms with van der Waals surface area (Å²) in [5, 5.41) is 0. The van der Waals surface area contributed by atoms with Crippen LogP contribution in [0.2, 0.25) is 0 Å². The average Bonchev–Trinajstić information content (AvgIpc) is 2.10. The molecule has 1 aliphatic rings. The number of hydrogen-bond acceptors (Lipinski definition) is 1. The SMILES string of the molecule is CC(C)[C@@H]1CN(C)C[C@@H]1F. The van der Waals surface area contributed by atoms with Crippen molar-refractivity contribution >= 4 is 0 Å². The number of likely N-dealkylation sites (tertiary alicyclic amines) is 1. The van der Waals surface area contributed by atoms with Crippen LogP contribution >= 0.6 is 0 Å². The minimum atomic E-state index is -0.593. The van der Waals surface area contributed by atoms with E-state index in [-0.39, 0.29) is 5.92 Å². The molecule has 1 fully saturated rings. The van der Waals surface area contributed by atoms with Gasteiger partial charge in [-0.1, -0.05) is 13.8 Å². The number of hydrogen-bond donors (Lipinski definition) is 0. The fraction of sp³-hybridized carbons (Fsp3) is 1.00. The number of nitrogens with zero attached hydrogens (tertiary/aromatic N) is 1. The molecule has 0 spiro atoms. The Hall–Kier alpha value is -0.110. The van der Waals surface area contributed by atoms with Crippen LogP contribution in [-0.2, 0) is 0 Å². The van der Waals surface area contributed by atoms with E-state index in [1.807, 2.05) is 7.05 Å². The maximum atomic E-state index is 13.0. The summed E-state index contributed by atoms with van der Waals surface area (Å²) >= 11 is 0. The summed E-state index contributed by atoms with van der Waals surface area (Å²) in [6, 6.07) is 0. The van der Waals surface area contributed by atoms with Gasteiger partial charge in [0.25, 0.3) is 0 Å². The zero-order valence-electron chi connectivity index (χ0n) is 6.97.